The van der Waals surface area contributed by atoms with Gasteiger partial charge in [-0.25, -0.2) is 0 Å². The number of rotatable bonds is 14. The molecule has 0 bridgehead atoms. The molecule has 15 nitrogen and oxygen atoms in total. The van der Waals surface area contributed by atoms with Gasteiger partial charge in [-0.15, -0.1) is 0 Å². The summed E-state index contributed by atoms with van der Waals surface area (Å²) >= 11 is 0. The first kappa shape index (κ1) is 51.3. The molecule has 15 heteroatoms. The monoisotopic (exact) mass is 832 g/mol. The third-order valence-electron chi connectivity index (χ3n) is 8.69. The van der Waals surface area contributed by atoms with Gasteiger partial charge in [0.15, 0.2) is 0 Å². The quantitative estimate of drug-likeness (QED) is 0.203. The Bertz CT molecular complexity index is 1550. The molecule has 0 radical (unpaired) electrons. The number of ether oxygens (including phenoxy) is 4. The molecule has 0 spiro atoms. The molecule has 0 aromatic heterocycles. The van der Waals surface area contributed by atoms with E-state index in [0.29, 0.717) is 52.2 Å². The first-order chi connectivity index (χ1) is 27.1. The number of carbonyl (C=O) groups excluding carboxylic acids is 4. The van der Waals surface area contributed by atoms with Crippen molar-refractivity contribution in [2.45, 2.75) is 130 Å². The number of esters is 4. The normalized spacial score (nSPS) is 18.4. The van der Waals surface area contributed by atoms with E-state index in [0.717, 1.165) is 11.1 Å². The van der Waals surface area contributed by atoms with Crippen LogP contribution in [0, 0.1) is 0 Å². The largest absolute Gasteiger partial charge is 0.480 e. The van der Waals surface area contributed by atoms with Crippen LogP contribution < -0.4 is 5.73 Å². The predicted octanol–water partition coefficient (Wildman–Crippen LogP) is 4.00. The number of hydrogen-bond donors (Lipinski definition) is 2. The Hall–Kier alpha value is -3.89. The van der Waals surface area contributed by atoms with Crippen LogP contribution in [-0.4, -0.2) is 161 Å². The van der Waals surface area contributed by atoms with Crippen molar-refractivity contribution < 1.29 is 48.0 Å². The molecule has 3 N–H and O–H groups in total. The zero-order chi connectivity index (χ0) is 44.8. The van der Waals surface area contributed by atoms with Crippen LogP contribution in [0.2, 0.25) is 0 Å². The number of carboxylic acids is 1. The molecule has 1 aromatic carbocycles. The van der Waals surface area contributed by atoms with Crippen molar-refractivity contribution >= 4 is 35.9 Å². The fourth-order valence-electron chi connectivity index (χ4n) is 6.31. The minimum absolute atomic E-state index is 0.000389. The van der Waals surface area contributed by atoms with Gasteiger partial charge in [-0.05, 0) is 107 Å². The number of carboxylic acid groups (broad SMARTS) is 1. The highest BCUT2D eigenvalue weighted by Gasteiger charge is 2.31. The summed E-state index contributed by atoms with van der Waals surface area (Å²) in [6.45, 7) is 24.4. The first-order valence-electron chi connectivity index (χ1n) is 20.6. The Balaban J connectivity index is 2.63. The van der Waals surface area contributed by atoms with Crippen molar-refractivity contribution in [3.63, 3.8) is 0 Å². The van der Waals surface area contributed by atoms with E-state index < -0.39 is 46.4 Å². The molecule has 0 saturated carbocycles. The van der Waals surface area contributed by atoms with Gasteiger partial charge in [0, 0.05) is 51.9 Å². The molecule has 1 aromatic rings. The summed E-state index contributed by atoms with van der Waals surface area (Å²) in [7, 11) is 0. The zero-order valence-electron chi connectivity index (χ0n) is 37.8. The van der Waals surface area contributed by atoms with E-state index in [2.05, 4.69) is 4.90 Å². The Labute approximate surface area is 352 Å². The lowest BCUT2D eigenvalue weighted by molar-refractivity contribution is -0.160. The van der Waals surface area contributed by atoms with Crippen LogP contribution in [0.15, 0.2) is 30.3 Å². The van der Waals surface area contributed by atoms with Gasteiger partial charge in [0.2, 0.25) is 0 Å². The maximum absolute atomic E-state index is 13.6. The highest BCUT2D eigenvalue weighted by Crippen LogP contribution is 2.18. The number of nitrogens with two attached hydrogens (primary N) is 1. The molecule has 1 aliphatic heterocycles. The lowest BCUT2D eigenvalue weighted by Crippen LogP contribution is -2.54. The molecular formula is C44H73N5O10. The second-order valence-corrected chi connectivity index (χ2v) is 19.3. The van der Waals surface area contributed by atoms with Crippen molar-refractivity contribution in [2.75, 3.05) is 72.0 Å². The molecule has 2 unspecified atom stereocenters. The van der Waals surface area contributed by atoms with Gasteiger partial charge in [-0.2, -0.15) is 0 Å². The summed E-state index contributed by atoms with van der Waals surface area (Å²) < 4.78 is 23.0. The van der Waals surface area contributed by atoms with Gasteiger partial charge in [-0.1, -0.05) is 36.4 Å². The summed E-state index contributed by atoms with van der Waals surface area (Å²) in [6, 6.07) is 6.50. The number of benzene rings is 1. The molecule has 0 aliphatic carbocycles. The number of carbonyl (C=O) groups is 5. The van der Waals surface area contributed by atoms with Crippen molar-refractivity contribution in [1.29, 1.82) is 0 Å². The molecule has 0 amide bonds. The summed E-state index contributed by atoms with van der Waals surface area (Å²) in [5.74, 6) is -2.64. The van der Waals surface area contributed by atoms with Crippen LogP contribution in [0.1, 0.15) is 101 Å². The Morgan fingerprint density at radius 2 is 1.00 bits per heavy atom. The average Bonchev–Trinajstić information content (AvgIpc) is 3.03. The Kier molecular flexibility index (Phi) is 19.7. The predicted molar refractivity (Wildman–Crippen MR) is 227 cm³/mol. The van der Waals surface area contributed by atoms with Crippen molar-refractivity contribution in [2.24, 2.45) is 5.73 Å². The second-order valence-electron chi connectivity index (χ2n) is 19.3. The molecular weight excluding hydrogens is 759 g/mol. The molecule has 2 rings (SSSR count). The van der Waals surface area contributed by atoms with E-state index in [1.807, 2.05) is 128 Å². The Morgan fingerprint density at radius 1 is 0.627 bits per heavy atom. The van der Waals surface area contributed by atoms with Crippen LogP contribution in [-0.2, 0) is 49.3 Å². The fourth-order valence-corrected chi connectivity index (χ4v) is 6.31. The average molecular weight is 832 g/mol. The summed E-state index contributed by atoms with van der Waals surface area (Å²) in [6.07, 6.45) is 4.22. The van der Waals surface area contributed by atoms with Crippen LogP contribution in [0.4, 0.5) is 0 Å². The van der Waals surface area contributed by atoms with Gasteiger partial charge >= 0.3 is 29.8 Å². The van der Waals surface area contributed by atoms with Gasteiger partial charge in [-0.3, -0.25) is 43.6 Å². The van der Waals surface area contributed by atoms with E-state index in [1.165, 1.54) is 0 Å². The second kappa shape index (κ2) is 22.6. The molecule has 2 atom stereocenters. The van der Waals surface area contributed by atoms with Gasteiger partial charge in [0.05, 0.1) is 26.2 Å². The lowest BCUT2D eigenvalue weighted by atomic mass is 10.0. The summed E-state index contributed by atoms with van der Waals surface area (Å²) in [4.78, 5) is 72.5. The number of hydrogen-bond acceptors (Lipinski definition) is 14. The summed E-state index contributed by atoms with van der Waals surface area (Å²) in [5.41, 5.74) is 4.70. The highest BCUT2D eigenvalue weighted by atomic mass is 16.6. The van der Waals surface area contributed by atoms with E-state index in [-0.39, 0.29) is 50.6 Å². The zero-order valence-corrected chi connectivity index (χ0v) is 37.8. The third-order valence-corrected chi connectivity index (χ3v) is 8.69. The van der Waals surface area contributed by atoms with Crippen molar-refractivity contribution in [3.8, 4) is 0 Å². The molecule has 334 valence electrons. The highest BCUT2D eigenvalue weighted by molar-refractivity contribution is 5.74. The van der Waals surface area contributed by atoms with Crippen LogP contribution in [0.3, 0.4) is 0 Å². The number of aliphatic carboxylic acids is 1. The molecule has 1 fully saturated rings. The van der Waals surface area contributed by atoms with E-state index in [4.69, 9.17) is 29.8 Å². The van der Waals surface area contributed by atoms with Gasteiger partial charge in [0.25, 0.3) is 0 Å². The lowest BCUT2D eigenvalue weighted by Gasteiger charge is -2.39. The molecule has 59 heavy (non-hydrogen) atoms. The van der Waals surface area contributed by atoms with Gasteiger partial charge < -0.3 is 29.8 Å². The topological polar surface area (TPSA) is 181 Å². The van der Waals surface area contributed by atoms with Crippen molar-refractivity contribution in [1.82, 2.24) is 19.6 Å². The Morgan fingerprint density at radius 3 is 1.41 bits per heavy atom. The third kappa shape index (κ3) is 23.5. The molecule has 1 aliphatic rings. The molecule has 1 saturated heterocycles. The maximum Gasteiger partial charge on any atom is 0.320 e. The molecule has 1 heterocycles. The maximum atomic E-state index is 13.6. The van der Waals surface area contributed by atoms with Crippen molar-refractivity contribution in [3.05, 3.63) is 41.5 Å². The fraction of sp³-hybridized carbons (Fsp3) is 0.705. The van der Waals surface area contributed by atoms with E-state index >= 15 is 0 Å². The van der Waals surface area contributed by atoms with Crippen LogP contribution >= 0.6 is 0 Å². The van der Waals surface area contributed by atoms with Gasteiger partial charge in [0.1, 0.15) is 28.4 Å². The van der Waals surface area contributed by atoms with E-state index in [9.17, 15) is 24.0 Å². The number of nitrogens with zero attached hydrogens (tertiary/aromatic N) is 4. The van der Waals surface area contributed by atoms with Crippen LogP contribution in [0.25, 0.3) is 6.08 Å². The first-order valence-corrected chi connectivity index (χ1v) is 20.6. The van der Waals surface area contributed by atoms with E-state index in [1.54, 1.807) is 6.08 Å². The standard InChI is InChI=1S/C44H73N5O10/c1-41(2,3)56-36(50)28-46-20-21-47(29-37(51)57-42(4,5)6)24-25-49(31-39(53)59-44(10,11)12)34(27-48(23-22-46)30-38(52)58-43(7,8)9)26-33-18-16-32(17-19-33)14-13-15-35(45)40(54)55/h13-14,16-19,34-35H,15,20-31,45H2,1-12H3,(H,54,55)/b14-13+. The van der Waals surface area contributed by atoms with Crippen LogP contribution in [0.5, 0.6) is 0 Å². The SMILES string of the molecule is CC(C)(C)OC(=O)CN1CCN(CC(=O)OC(C)(C)C)CCN(CC(=O)OC(C)(C)C)C(Cc2ccc(/C=C/CC(N)C(=O)O)cc2)CN(CC(=O)OC(C)(C)C)CC1. The minimum atomic E-state index is -1.07. The minimum Gasteiger partial charge on any atom is -0.480 e. The smallest absolute Gasteiger partial charge is 0.320 e. The summed E-state index contributed by atoms with van der Waals surface area (Å²) in [5, 5.41) is 9.13.